The monoisotopic (exact) mass is 314 g/mol. The first-order valence-corrected chi connectivity index (χ1v) is 7.63. The summed E-state index contributed by atoms with van der Waals surface area (Å²) in [5, 5.41) is 2.77. The van der Waals surface area contributed by atoms with E-state index < -0.39 is 0 Å². The van der Waals surface area contributed by atoms with Gasteiger partial charge in [0.1, 0.15) is 5.75 Å². The zero-order valence-corrected chi connectivity index (χ0v) is 13.7. The standard InChI is InChI=1S/C17H22N4O2/c1-4-5-10-23-15-8-6-13(7-9-15)16(22)20-14-11-18-17(19-12-14)21(2)3/h6-9,11-12H,4-5,10H2,1-3H3,(H,20,22). The molecule has 0 fully saturated rings. The summed E-state index contributed by atoms with van der Waals surface area (Å²) in [5.41, 5.74) is 1.12. The Balaban J connectivity index is 1.94. The Morgan fingerprint density at radius 1 is 1.17 bits per heavy atom. The first kappa shape index (κ1) is 16.7. The van der Waals surface area contributed by atoms with Crippen LogP contribution in [0.25, 0.3) is 0 Å². The van der Waals surface area contributed by atoms with Gasteiger partial charge in [-0.05, 0) is 30.7 Å². The number of unbranched alkanes of at least 4 members (excludes halogenated alkanes) is 1. The average Bonchev–Trinajstić information content (AvgIpc) is 2.56. The van der Waals surface area contributed by atoms with Crippen LogP contribution in [-0.4, -0.2) is 36.6 Å². The summed E-state index contributed by atoms with van der Waals surface area (Å²) in [6.45, 7) is 2.81. The van der Waals surface area contributed by atoms with Gasteiger partial charge in [0.05, 0.1) is 24.7 Å². The van der Waals surface area contributed by atoms with Crippen LogP contribution in [0.4, 0.5) is 11.6 Å². The van der Waals surface area contributed by atoms with Crippen LogP contribution in [-0.2, 0) is 0 Å². The lowest BCUT2D eigenvalue weighted by molar-refractivity contribution is 0.102. The number of hydrogen-bond acceptors (Lipinski definition) is 5. The van der Waals surface area contributed by atoms with Crippen LogP contribution in [0.15, 0.2) is 36.7 Å². The Morgan fingerprint density at radius 3 is 2.39 bits per heavy atom. The highest BCUT2D eigenvalue weighted by atomic mass is 16.5. The molecule has 1 aromatic carbocycles. The Hall–Kier alpha value is -2.63. The van der Waals surface area contributed by atoms with Crippen molar-refractivity contribution in [2.75, 3.05) is 30.9 Å². The number of carbonyl (C=O) groups excluding carboxylic acids is 1. The number of benzene rings is 1. The summed E-state index contributed by atoms with van der Waals surface area (Å²) in [4.78, 5) is 22.3. The van der Waals surface area contributed by atoms with Gasteiger partial charge < -0.3 is 15.0 Å². The van der Waals surface area contributed by atoms with Crippen molar-refractivity contribution in [3.8, 4) is 5.75 Å². The fraction of sp³-hybridized carbons (Fsp3) is 0.353. The molecule has 2 rings (SSSR count). The van der Waals surface area contributed by atoms with Crippen LogP contribution in [0.2, 0.25) is 0 Å². The summed E-state index contributed by atoms with van der Waals surface area (Å²) in [7, 11) is 3.72. The van der Waals surface area contributed by atoms with Crippen molar-refractivity contribution < 1.29 is 9.53 Å². The zero-order chi connectivity index (χ0) is 16.7. The van der Waals surface area contributed by atoms with Crippen molar-refractivity contribution in [3.63, 3.8) is 0 Å². The van der Waals surface area contributed by atoms with Crippen LogP contribution >= 0.6 is 0 Å². The molecule has 6 heteroatoms. The number of nitrogens with one attached hydrogen (secondary N) is 1. The van der Waals surface area contributed by atoms with E-state index in [9.17, 15) is 4.79 Å². The first-order valence-electron chi connectivity index (χ1n) is 7.63. The average molecular weight is 314 g/mol. The van der Waals surface area contributed by atoms with Crippen LogP contribution in [0, 0.1) is 0 Å². The number of rotatable bonds is 7. The number of anilines is 2. The Labute approximate surface area is 136 Å². The van der Waals surface area contributed by atoms with Crippen molar-refractivity contribution in [2.24, 2.45) is 0 Å². The minimum atomic E-state index is -0.202. The van der Waals surface area contributed by atoms with Crippen LogP contribution < -0.4 is 15.0 Å². The van der Waals surface area contributed by atoms with Crippen molar-refractivity contribution in [1.29, 1.82) is 0 Å². The Morgan fingerprint density at radius 2 is 1.83 bits per heavy atom. The van der Waals surface area contributed by atoms with E-state index in [0.29, 0.717) is 23.8 Å². The van der Waals surface area contributed by atoms with Gasteiger partial charge in [0, 0.05) is 19.7 Å². The van der Waals surface area contributed by atoms with E-state index in [1.165, 1.54) is 0 Å². The molecule has 1 heterocycles. The lowest BCUT2D eigenvalue weighted by Crippen LogP contribution is -2.15. The molecule has 0 unspecified atom stereocenters. The molecule has 2 aromatic rings. The molecule has 1 N–H and O–H groups in total. The topological polar surface area (TPSA) is 67.3 Å². The molecule has 0 aliphatic carbocycles. The highest BCUT2D eigenvalue weighted by Crippen LogP contribution is 2.14. The molecule has 0 radical (unpaired) electrons. The van der Waals surface area contributed by atoms with Crippen LogP contribution in [0.5, 0.6) is 5.75 Å². The third-order valence-electron chi connectivity index (χ3n) is 3.18. The van der Waals surface area contributed by atoms with E-state index in [1.54, 1.807) is 41.6 Å². The fourth-order valence-electron chi connectivity index (χ4n) is 1.86. The fourth-order valence-corrected chi connectivity index (χ4v) is 1.86. The molecule has 0 spiro atoms. The lowest BCUT2D eigenvalue weighted by atomic mass is 10.2. The van der Waals surface area contributed by atoms with Crippen molar-refractivity contribution >= 4 is 17.5 Å². The SMILES string of the molecule is CCCCOc1ccc(C(=O)Nc2cnc(N(C)C)nc2)cc1. The molecule has 0 aliphatic rings. The molecule has 23 heavy (non-hydrogen) atoms. The van der Waals surface area contributed by atoms with Gasteiger partial charge in [-0.1, -0.05) is 13.3 Å². The number of aromatic nitrogens is 2. The van der Waals surface area contributed by atoms with E-state index in [-0.39, 0.29) is 5.91 Å². The van der Waals surface area contributed by atoms with Gasteiger partial charge in [0.25, 0.3) is 5.91 Å². The minimum Gasteiger partial charge on any atom is -0.494 e. The molecule has 1 amide bonds. The highest BCUT2D eigenvalue weighted by molar-refractivity contribution is 6.04. The smallest absolute Gasteiger partial charge is 0.255 e. The molecular formula is C17H22N4O2. The molecule has 0 saturated heterocycles. The lowest BCUT2D eigenvalue weighted by Gasteiger charge is -2.10. The van der Waals surface area contributed by atoms with E-state index in [4.69, 9.17) is 4.74 Å². The normalized spacial score (nSPS) is 10.2. The van der Waals surface area contributed by atoms with Crippen LogP contribution in [0.3, 0.4) is 0 Å². The van der Waals surface area contributed by atoms with Gasteiger partial charge >= 0.3 is 0 Å². The van der Waals surface area contributed by atoms with E-state index in [1.807, 2.05) is 14.1 Å². The van der Waals surface area contributed by atoms with Gasteiger partial charge in [-0.3, -0.25) is 4.79 Å². The molecule has 0 aliphatic heterocycles. The number of ether oxygens (including phenoxy) is 1. The summed E-state index contributed by atoms with van der Waals surface area (Å²) in [6, 6.07) is 7.09. The van der Waals surface area contributed by atoms with Gasteiger partial charge in [0.2, 0.25) is 5.95 Å². The second kappa shape index (κ2) is 8.12. The molecule has 1 aromatic heterocycles. The van der Waals surface area contributed by atoms with Gasteiger partial charge in [0.15, 0.2) is 0 Å². The van der Waals surface area contributed by atoms with Gasteiger partial charge in [-0.25, -0.2) is 9.97 Å². The third-order valence-corrected chi connectivity index (χ3v) is 3.18. The predicted octanol–water partition coefficient (Wildman–Crippen LogP) is 2.97. The summed E-state index contributed by atoms with van der Waals surface area (Å²) >= 11 is 0. The maximum absolute atomic E-state index is 12.2. The van der Waals surface area contributed by atoms with Crippen molar-refractivity contribution in [1.82, 2.24) is 9.97 Å². The molecular weight excluding hydrogens is 292 g/mol. The van der Waals surface area contributed by atoms with Crippen molar-refractivity contribution in [2.45, 2.75) is 19.8 Å². The highest BCUT2D eigenvalue weighted by Gasteiger charge is 2.07. The maximum Gasteiger partial charge on any atom is 0.255 e. The van der Waals surface area contributed by atoms with E-state index in [2.05, 4.69) is 22.2 Å². The van der Waals surface area contributed by atoms with Gasteiger partial charge in [-0.2, -0.15) is 0 Å². The Kier molecular flexibility index (Phi) is 5.91. The predicted molar refractivity (Wildman–Crippen MR) is 91.2 cm³/mol. The maximum atomic E-state index is 12.2. The molecule has 122 valence electrons. The second-order valence-corrected chi connectivity index (χ2v) is 5.35. The van der Waals surface area contributed by atoms with Crippen LogP contribution in [0.1, 0.15) is 30.1 Å². The molecule has 0 saturated carbocycles. The van der Waals surface area contributed by atoms with Crippen molar-refractivity contribution in [3.05, 3.63) is 42.2 Å². The quantitative estimate of drug-likeness (QED) is 0.796. The number of hydrogen-bond donors (Lipinski definition) is 1. The zero-order valence-electron chi connectivity index (χ0n) is 13.7. The van der Waals surface area contributed by atoms with Gasteiger partial charge in [-0.15, -0.1) is 0 Å². The molecule has 0 bridgehead atoms. The number of amides is 1. The van der Waals surface area contributed by atoms with E-state index in [0.717, 1.165) is 18.6 Å². The number of nitrogens with zero attached hydrogens (tertiary/aromatic N) is 3. The summed E-state index contributed by atoms with van der Waals surface area (Å²) in [6.07, 6.45) is 5.28. The third kappa shape index (κ3) is 4.95. The second-order valence-electron chi connectivity index (χ2n) is 5.35. The molecule has 0 atom stereocenters. The number of carbonyl (C=O) groups is 1. The Bertz CT molecular complexity index is 624. The summed E-state index contributed by atoms with van der Waals surface area (Å²) in [5.74, 6) is 1.16. The largest absolute Gasteiger partial charge is 0.494 e. The summed E-state index contributed by atoms with van der Waals surface area (Å²) < 4.78 is 5.58. The van der Waals surface area contributed by atoms with E-state index >= 15 is 0 Å². The minimum absolute atomic E-state index is 0.202. The first-order chi connectivity index (χ1) is 11.1. The molecule has 6 nitrogen and oxygen atoms in total.